The third kappa shape index (κ3) is 10.2. The third-order valence-corrected chi connectivity index (χ3v) is 14.9. The standard InChI is InChI=1S/C60H78B2O2/c1-7-11-13-15-17-19-37-59(38-20-18-16-14-12-8-2)55-41-49(61-5)33-35-51(55)53-44-58-54(43-56(53)59)52-36-34-50(62-6)42-57(52)60(58,47-29-25-45(26-30-47)23-21-39-63-9-3)48-31-27-46(28-32-48)24-22-40-64-10-4/h25-36,41-44H,7-24,37-40H2,1-6H3. The van der Waals surface area contributed by atoms with Gasteiger partial charge in [-0.3, -0.25) is 0 Å². The van der Waals surface area contributed by atoms with Crippen molar-refractivity contribution in [1.29, 1.82) is 0 Å². The largest absolute Gasteiger partial charge is 0.382 e. The molecule has 4 heteroatoms. The van der Waals surface area contributed by atoms with Crippen LogP contribution in [0.15, 0.2) is 97.1 Å². The number of fused-ring (bicyclic) bond motifs is 6. The molecule has 0 fully saturated rings. The van der Waals surface area contributed by atoms with Gasteiger partial charge in [0.2, 0.25) is 0 Å². The van der Waals surface area contributed by atoms with Crippen molar-refractivity contribution in [3.8, 4) is 22.3 Å². The van der Waals surface area contributed by atoms with Gasteiger partial charge in [0, 0.05) is 31.8 Å². The molecule has 2 radical (unpaired) electrons. The van der Waals surface area contributed by atoms with Gasteiger partial charge in [-0.25, -0.2) is 0 Å². The highest BCUT2D eigenvalue weighted by Gasteiger charge is 2.50. The second-order valence-corrected chi connectivity index (χ2v) is 19.0. The monoisotopic (exact) mass is 853 g/mol. The first-order valence-corrected chi connectivity index (χ1v) is 25.9. The number of hydrogen-bond acceptors (Lipinski definition) is 2. The van der Waals surface area contributed by atoms with Crippen molar-refractivity contribution >= 4 is 25.5 Å². The van der Waals surface area contributed by atoms with Gasteiger partial charge in [0.1, 0.15) is 14.6 Å². The number of benzene rings is 5. The fourth-order valence-corrected chi connectivity index (χ4v) is 11.5. The summed E-state index contributed by atoms with van der Waals surface area (Å²) >= 11 is 0. The predicted molar refractivity (Wildman–Crippen MR) is 278 cm³/mol. The van der Waals surface area contributed by atoms with Crippen LogP contribution in [0, 0.1) is 0 Å². The zero-order valence-electron chi connectivity index (χ0n) is 40.8. The molecule has 0 N–H and O–H groups in total. The Balaban J connectivity index is 1.43. The Morgan fingerprint density at radius 1 is 0.406 bits per heavy atom. The molecule has 0 saturated carbocycles. The van der Waals surface area contributed by atoms with Gasteiger partial charge >= 0.3 is 0 Å². The minimum absolute atomic E-state index is 0.00303. The highest BCUT2D eigenvalue weighted by molar-refractivity contribution is 6.52. The summed E-state index contributed by atoms with van der Waals surface area (Å²) in [6, 6.07) is 39.6. The van der Waals surface area contributed by atoms with Crippen LogP contribution in [0.5, 0.6) is 0 Å². The summed E-state index contributed by atoms with van der Waals surface area (Å²) in [5, 5.41) is 0. The lowest BCUT2D eigenvalue weighted by Gasteiger charge is -2.35. The maximum Gasteiger partial charge on any atom is 0.148 e. The van der Waals surface area contributed by atoms with E-state index in [0.717, 1.165) is 52.1 Å². The minimum Gasteiger partial charge on any atom is -0.382 e. The van der Waals surface area contributed by atoms with Crippen LogP contribution in [0.3, 0.4) is 0 Å². The summed E-state index contributed by atoms with van der Waals surface area (Å²) in [6.07, 6.45) is 22.4. The zero-order chi connectivity index (χ0) is 44.8. The van der Waals surface area contributed by atoms with Crippen LogP contribution >= 0.6 is 0 Å². The van der Waals surface area contributed by atoms with E-state index in [0.29, 0.717) is 0 Å². The summed E-state index contributed by atoms with van der Waals surface area (Å²) in [4.78, 5) is 0. The van der Waals surface area contributed by atoms with E-state index in [1.165, 1.54) is 156 Å². The number of unbranched alkanes of at least 4 members (excludes halogenated alkanes) is 10. The predicted octanol–water partition coefficient (Wildman–Crippen LogP) is 14.5. The van der Waals surface area contributed by atoms with E-state index < -0.39 is 5.41 Å². The van der Waals surface area contributed by atoms with Gasteiger partial charge in [-0.2, -0.15) is 0 Å². The molecule has 0 aromatic heterocycles. The van der Waals surface area contributed by atoms with Crippen molar-refractivity contribution in [3.05, 3.63) is 142 Å². The molecule has 0 bridgehead atoms. The number of ether oxygens (including phenoxy) is 2. The van der Waals surface area contributed by atoms with E-state index in [4.69, 9.17) is 9.47 Å². The molecular formula is C60H78B2O2. The second-order valence-electron chi connectivity index (χ2n) is 19.0. The van der Waals surface area contributed by atoms with Gasteiger partial charge < -0.3 is 9.47 Å². The summed E-state index contributed by atoms with van der Waals surface area (Å²) in [5.74, 6) is 0. The van der Waals surface area contributed by atoms with Crippen molar-refractivity contribution in [1.82, 2.24) is 0 Å². The second kappa shape index (κ2) is 23.6. The quantitative estimate of drug-likeness (QED) is 0.0362. The molecule has 0 amide bonds. The van der Waals surface area contributed by atoms with Gasteiger partial charge in [0.25, 0.3) is 0 Å². The Labute approximate surface area is 391 Å². The molecule has 0 atom stereocenters. The van der Waals surface area contributed by atoms with E-state index in [-0.39, 0.29) is 5.41 Å². The highest BCUT2D eigenvalue weighted by atomic mass is 16.5. The molecule has 5 aromatic carbocycles. The lowest BCUT2D eigenvalue weighted by Crippen LogP contribution is -2.30. The van der Waals surface area contributed by atoms with Gasteiger partial charge in [0.15, 0.2) is 0 Å². The smallest absolute Gasteiger partial charge is 0.148 e. The van der Waals surface area contributed by atoms with Crippen LogP contribution in [0.4, 0.5) is 0 Å². The van der Waals surface area contributed by atoms with Crippen LogP contribution in [0.25, 0.3) is 22.3 Å². The maximum absolute atomic E-state index is 5.74. The fraction of sp³-hybridized carbons (Fsp3) is 0.500. The molecule has 7 rings (SSSR count). The van der Waals surface area contributed by atoms with Crippen molar-refractivity contribution in [2.45, 2.75) is 168 Å². The Kier molecular flexibility index (Phi) is 17.7. The molecule has 0 heterocycles. The Bertz CT molecular complexity index is 2150. The van der Waals surface area contributed by atoms with Gasteiger partial charge in [-0.05, 0) is 131 Å². The molecular weight excluding hydrogens is 774 g/mol. The molecule has 5 aromatic rings. The van der Waals surface area contributed by atoms with Crippen molar-refractivity contribution in [2.75, 3.05) is 26.4 Å². The van der Waals surface area contributed by atoms with Crippen molar-refractivity contribution in [3.63, 3.8) is 0 Å². The Morgan fingerprint density at radius 3 is 1.30 bits per heavy atom. The average Bonchev–Trinajstić information content (AvgIpc) is 3.76. The van der Waals surface area contributed by atoms with Crippen LogP contribution in [0.2, 0.25) is 13.6 Å². The van der Waals surface area contributed by atoms with Crippen LogP contribution in [-0.2, 0) is 33.1 Å². The van der Waals surface area contributed by atoms with Gasteiger partial charge in [-0.15, -0.1) is 0 Å². The molecule has 2 aliphatic rings. The van der Waals surface area contributed by atoms with E-state index >= 15 is 0 Å². The number of aryl methyl sites for hydroxylation is 2. The summed E-state index contributed by atoms with van der Waals surface area (Å²) in [5.41, 5.74) is 19.3. The Morgan fingerprint density at radius 2 is 0.812 bits per heavy atom. The highest BCUT2D eigenvalue weighted by Crippen LogP contribution is 2.61. The lowest BCUT2D eigenvalue weighted by atomic mass is 9.64. The lowest BCUT2D eigenvalue weighted by molar-refractivity contribution is 0.145. The van der Waals surface area contributed by atoms with Crippen LogP contribution in [0.1, 0.15) is 175 Å². The van der Waals surface area contributed by atoms with E-state index in [1.807, 2.05) is 0 Å². The van der Waals surface area contributed by atoms with Crippen molar-refractivity contribution in [2.24, 2.45) is 0 Å². The zero-order valence-corrected chi connectivity index (χ0v) is 40.8. The average molecular weight is 853 g/mol. The first-order valence-electron chi connectivity index (χ1n) is 25.9. The molecule has 64 heavy (non-hydrogen) atoms. The van der Waals surface area contributed by atoms with E-state index in [9.17, 15) is 0 Å². The van der Waals surface area contributed by atoms with Crippen LogP contribution < -0.4 is 10.9 Å². The molecule has 0 spiro atoms. The first kappa shape index (κ1) is 48.1. The molecule has 2 nitrogen and oxygen atoms in total. The van der Waals surface area contributed by atoms with Crippen molar-refractivity contribution < 1.29 is 9.47 Å². The summed E-state index contributed by atoms with van der Waals surface area (Å²) < 4.78 is 11.5. The normalized spacial score (nSPS) is 14.0. The molecule has 2 aliphatic carbocycles. The maximum atomic E-state index is 5.74. The van der Waals surface area contributed by atoms with Gasteiger partial charge in [0.05, 0.1) is 5.41 Å². The van der Waals surface area contributed by atoms with Gasteiger partial charge in [-0.1, -0.05) is 200 Å². The SMILES string of the molecule is C[B]c1ccc2c(c1)C(CCCCCCCC)(CCCCCCCC)c1cc3c(cc1-2)C(c1ccc(CCCOCC)cc1)(c1ccc(CCCOCC)cc1)c1cc([B]C)ccc1-3. The third-order valence-electron chi connectivity index (χ3n) is 14.9. The fourth-order valence-electron chi connectivity index (χ4n) is 11.5. The minimum atomic E-state index is -0.479. The van der Waals surface area contributed by atoms with E-state index in [1.54, 1.807) is 11.1 Å². The number of rotatable bonds is 28. The molecule has 0 unspecified atom stereocenters. The Hall–Kier alpha value is -3.85. The van der Waals surface area contributed by atoms with E-state index in [2.05, 4.69) is 153 Å². The topological polar surface area (TPSA) is 18.5 Å². The molecule has 336 valence electrons. The first-order chi connectivity index (χ1) is 31.5. The summed E-state index contributed by atoms with van der Waals surface area (Å²) in [6.45, 7) is 16.4. The molecule has 0 saturated heterocycles. The number of hydrogen-bond donors (Lipinski definition) is 0. The van der Waals surface area contributed by atoms with Crippen LogP contribution in [-0.4, -0.2) is 41.0 Å². The molecule has 0 aliphatic heterocycles. The summed E-state index contributed by atoms with van der Waals surface area (Å²) in [7, 11) is 4.59.